The number of piperazine rings is 1. The van der Waals surface area contributed by atoms with Crippen LogP contribution in [0.25, 0.3) is 0 Å². The SMILES string of the molecule is O=C(CCCN1CCN(Cc2ccccc2)CC1)Nc1ccc2c(c1)N(C(=O)c1ccccc1)CCS2. The highest BCUT2D eigenvalue weighted by molar-refractivity contribution is 7.99. The lowest BCUT2D eigenvalue weighted by molar-refractivity contribution is -0.116. The lowest BCUT2D eigenvalue weighted by atomic mass is 10.1. The molecule has 0 atom stereocenters. The van der Waals surface area contributed by atoms with Crippen molar-refractivity contribution in [1.29, 1.82) is 0 Å². The van der Waals surface area contributed by atoms with Gasteiger partial charge in [-0.05, 0) is 48.9 Å². The Hall–Kier alpha value is -3.13. The molecule has 2 amide bonds. The number of fused-ring (bicyclic) bond motifs is 1. The zero-order chi connectivity index (χ0) is 25.5. The molecular formula is C30H34N4O2S. The fourth-order valence-electron chi connectivity index (χ4n) is 4.94. The smallest absolute Gasteiger partial charge is 0.258 e. The van der Waals surface area contributed by atoms with Crippen molar-refractivity contribution in [2.24, 2.45) is 0 Å². The summed E-state index contributed by atoms with van der Waals surface area (Å²) in [6.07, 6.45) is 1.33. The summed E-state index contributed by atoms with van der Waals surface area (Å²) >= 11 is 1.75. The number of nitrogens with one attached hydrogen (secondary N) is 1. The van der Waals surface area contributed by atoms with Gasteiger partial charge in [0.05, 0.1) is 5.69 Å². The lowest BCUT2D eigenvalue weighted by Gasteiger charge is -2.34. The van der Waals surface area contributed by atoms with Gasteiger partial charge in [-0.25, -0.2) is 0 Å². The molecule has 2 heterocycles. The number of nitrogens with zero attached hydrogens (tertiary/aromatic N) is 3. The first kappa shape index (κ1) is 25.5. The molecular weight excluding hydrogens is 480 g/mol. The summed E-state index contributed by atoms with van der Waals surface area (Å²) in [6.45, 7) is 6.81. The molecule has 1 N–H and O–H groups in total. The Balaban J connectivity index is 1.09. The van der Waals surface area contributed by atoms with Gasteiger partial charge in [0.2, 0.25) is 5.91 Å². The number of anilines is 2. The lowest BCUT2D eigenvalue weighted by Crippen LogP contribution is -2.46. The van der Waals surface area contributed by atoms with Crippen LogP contribution in [0.1, 0.15) is 28.8 Å². The van der Waals surface area contributed by atoms with Crippen LogP contribution in [0.2, 0.25) is 0 Å². The molecule has 0 aliphatic carbocycles. The second kappa shape index (κ2) is 12.4. The summed E-state index contributed by atoms with van der Waals surface area (Å²) < 4.78 is 0. The standard InChI is InChI=1S/C30H34N4O2S/c35-29(12-7-15-32-16-18-33(19-17-32)23-24-8-3-1-4-9-24)31-26-13-14-28-27(22-26)34(20-21-37-28)30(36)25-10-5-2-6-11-25/h1-6,8-11,13-14,22H,7,12,15-21,23H2,(H,31,35). The maximum Gasteiger partial charge on any atom is 0.258 e. The van der Waals surface area contributed by atoms with Gasteiger partial charge in [-0.15, -0.1) is 11.8 Å². The number of carbonyl (C=O) groups excluding carboxylic acids is 2. The fraction of sp³-hybridized carbons (Fsp3) is 0.333. The molecule has 2 aliphatic rings. The Morgan fingerprint density at radius 2 is 1.51 bits per heavy atom. The Morgan fingerprint density at radius 3 is 2.27 bits per heavy atom. The number of thioether (sulfide) groups is 1. The van der Waals surface area contributed by atoms with Crippen molar-refractivity contribution in [3.05, 3.63) is 90.0 Å². The molecule has 6 nitrogen and oxygen atoms in total. The van der Waals surface area contributed by atoms with Crippen LogP contribution in [0, 0.1) is 0 Å². The van der Waals surface area contributed by atoms with Gasteiger partial charge in [0.15, 0.2) is 0 Å². The summed E-state index contributed by atoms with van der Waals surface area (Å²) in [5.74, 6) is 0.874. The predicted molar refractivity (Wildman–Crippen MR) is 151 cm³/mol. The van der Waals surface area contributed by atoms with Crippen LogP contribution in [-0.2, 0) is 11.3 Å². The minimum absolute atomic E-state index is 0.00510. The highest BCUT2D eigenvalue weighted by Gasteiger charge is 2.24. The Labute approximate surface area is 223 Å². The van der Waals surface area contributed by atoms with E-state index in [0.717, 1.165) is 67.7 Å². The van der Waals surface area contributed by atoms with Crippen molar-refractivity contribution < 1.29 is 9.59 Å². The molecule has 5 rings (SSSR count). The third-order valence-corrected chi connectivity index (χ3v) is 8.01. The summed E-state index contributed by atoms with van der Waals surface area (Å²) in [6, 6.07) is 25.9. The molecule has 0 aromatic heterocycles. The first-order valence-corrected chi connectivity index (χ1v) is 14.1. The van der Waals surface area contributed by atoms with Gasteiger partial charge in [-0.2, -0.15) is 0 Å². The second-order valence-electron chi connectivity index (χ2n) is 9.61. The van der Waals surface area contributed by atoms with Crippen molar-refractivity contribution >= 4 is 35.0 Å². The van der Waals surface area contributed by atoms with Gasteiger partial charge in [-0.1, -0.05) is 48.5 Å². The maximum absolute atomic E-state index is 13.1. The molecule has 3 aromatic rings. The van der Waals surface area contributed by atoms with Crippen LogP contribution in [0.15, 0.2) is 83.8 Å². The van der Waals surface area contributed by atoms with Gasteiger partial charge in [0.25, 0.3) is 5.91 Å². The quantitative estimate of drug-likeness (QED) is 0.460. The van der Waals surface area contributed by atoms with Crippen molar-refractivity contribution in [1.82, 2.24) is 9.80 Å². The molecule has 1 saturated heterocycles. The minimum Gasteiger partial charge on any atom is -0.326 e. The molecule has 7 heteroatoms. The monoisotopic (exact) mass is 514 g/mol. The van der Waals surface area contributed by atoms with Crippen LogP contribution in [-0.4, -0.2) is 66.6 Å². The van der Waals surface area contributed by atoms with E-state index in [9.17, 15) is 9.59 Å². The van der Waals surface area contributed by atoms with Crippen LogP contribution in [0.4, 0.5) is 11.4 Å². The largest absolute Gasteiger partial charge is 0.326 e. The van der Waals surface area contributed by atoms with Crippen LogP contribution < -0.4 is 10.2 Å². The van der Waals surface area contributed by atoms with Crippen LogP contribution in [0.3, 0.4) is 0 Å². The normalized spacial score (nSPS) is 16.3. The number of hydrogen-bond acceptors (Lipinski definition) is 5. The highest BCUT2D eigenvalue weighted by Crippen LogP contribution is 2.37. The zero-order valence-electron chi connectivity index (χ0n) is 21.1. The zero-order valence-corrected chi connectivity index (χ0v) is 22.0. The molecule has 192 valence electrons. The first-order valence-electron chi connectivity index (χ1n) is 13.1. The molecule has 0 radical (unpaired) electrons. The van der Waals surface area contributed by atoms with Gasteiger partial charge >= 0.3 is 0 Å². The van der Waals surface area contributed by atoms with Gasteiger partial charge < -0.3 is 15.1 Å². The Kier molecular flexibility index (Phi) is 8.56. The minimum atomic E-state index is -0.00510. The molecule has 0 spiro atoms. The van der Waals surface area contributed by atoms with E-state index in [1.54, 1.807) is 11.8 Å². The Morgan fingerprint density at radius 1 is 0.811 bits per heavy atom. The highest BCUT2D eigenvalue weighted by atomic mass is 32.2. The maximum atomic E-state index is 13.1. The van der Waals surface area contributed by atoms with Crippen molar-refractivity contribution in [3.63, 3.8) is 0 Å². The number of hydrogen-bond donors (Lipinski definition) is 1. The molecule has 37 heavy (non-hydrogen) atoms. The van der Waals surface area contributed by atoms with Crippen molar-refractivity contribution in [2.45, 2.75) is 24.3 Å². The van der Waals surface area contributed by atoms with Gasteiger partial charge in [0, 0.05) is 67.6 Å². The van der Waals surface area contributed by atoms with E-state index in [1.165, 1.54) is 5.56 Å². The van der Waals surface area contributed by atoms with E-state index in [0.29, 0.717) is 18.5 Å². The second-order valence-corrected chi connectivity index (χ2v) is 10.7. The summed E-state index contributed by atoms with van der Waals surface area (Å²) in [4.78, 5) is 33.7. The van der Waals surface area contributed by atoms with E-state index in [1.807, 2.05) is 53.4 Å². The van der Waals surface area contributed by atoms with Gasteiger partial charge in [-0.3, -0.25) is 14.5 Å². The fourth-order valence-corrected chi connectivity index (χ4v) is 5.92. The van der Waals surface area contributed by atoms with Crippen molar-refractivity contribution in [3.8, 4) is 0 Å². The number of amides is 2. The molecule has 2 aliphatic heterocycles. The van der Waals surface area contributed by atoms with E-state index >= 15 is 0 Å². The molecule has 0 bridgehead atoms. The third-order valence-electron chi connectivity index (χ3n) is 6.96. The molecule has 0 unspecified atom stereocenters. The van der Waals surface area contributed by atoms with Crippen LogP contribution in [0.5, 0.6) is 0 Å². The van der Waals surface area contributed by atoms with Crippen molar-refractivity contribution in [2.75, 3.05) is 55.2 Å². The Bertz CT molecular complexity index is 1200. The summed E-state index contributed by atoms with van der Waals surface area (Å²) in [7, 11) is 0. The summed E-state index contributed by atoms with van der Waals surface area (Å²) in [5.41, 5.74) is 3.65. The summed E-state index contributed by atoms with van der Waals surface area (Å²) in [5, 5.41) is 3.05. The number of rotatable bonds is 8. The number of carbonyl (C=O) groups is 2. The van der Waals surface area contributed by atoms with E-state index < -0.39 is 0 Å². The molecule has 0 saturated carbocycles. The predicted octanol–water partition coefficient (Wildman–Crippen LogP) is 4.98. The van der Waals surface area contributed by atoms with E-state index in [2.05, 4.69) is 45.4 Å². The molecule has 3 aromatic carbocycles. The first-order chi connectivity index (χ1) is 18.2. The molecule has 1 fully saturated rings. The van der Waals surface area contributed by atoms with Gasteiger partial charge in [0.1, 0.15) is 0 Å². The van der Waals surface area contributed by atoms with Crippen LogP contribution >= 0.6 is 11.8 Å². The average molecular weight is 515 g/mol. The topological polar surface area (TPSA) is 55.9 Å². The van der Waals surface area contributed by atoms with E-state index in [4.69, 9.17) is 0 Å². The average Bonchev–Trinajstić information content (AvgIpc) is 2.94. The number of benzene rings is 3. The third kappa shape index (κ3) is 6.80. The van der Waals surface area contributed by atoms with E-state index in [-0.39, 0.29) is 11.8 Å².